The van der Waals surface area contributed by atoms with Gasteiger partial charge in [0.25, 0.3) is 0 Å². The minimum absolute atomic E-state index is 0.0740. The van der Waals surface area contributed by atoms with Crippen LogP contribution in [-0.2, 0) is 11.3 Å². The van der Waals surface area contributed by atoms with Crippen LogP contribution >= 0.6 is 11.6 Å². The number of hydrogen-bond acceptors (Lipinski definition) is 2. The van der Waals surface area contributed by atoms with Gasteiger partial charge >= 0.3 is 0 Å². The van der Waals surface area contributed by atoms with E-state index in [1.165, 1.54) is 6.07 Å². The van der Waals surface area contributed by atoms with Crippen molar-refractivity contribution in [1.82, 2.24) is 10.2 Å². The molecule has 1 fully saturated rings. The summed E-state index contributed by atoms with van der Waals surface area (Å²) >= 11 is 5.94. The van der Waals surface area contributed by atoms with Gasteiger partial charge in [0.1, 0.15) is 5.82 Å². The Labute approximate surface area is 117 Å². The van der Waals surface area contributed by atoms with Crippen molar-refractivity contribution in [3.05, 3.63) is 34.6 Å². The molecule has 1 amide bonds. The molecule has 0 bridgehead atoms. The number of halogens is 2. The maximum Gasteiger partial charge on any atom is 0.239 e. The minimum Gasteiger partial charge on any atom is -0.341 e. The Hall–Kier alpha value is -1.13. The number of rotatable bonds is 4. The fraction of sp³-hybridized carbons (Fsp3) is 0.500. The molecule has 1 heterocycles. The first-order valence-corrected chi connectivity index (χ1v) is 6.92. The van der Waals surface area contributed by atoms with E-state index < -0.39 is 0 Å². The van der Waals surface area contributed by atoms with Crippen molar-refractivity contribution in [3.63, 3.8) is 0 Å². The van der Waals surface area contributed by atoms with Gasteiger partial charge in [-0.25, -0.2) is 4.39 Å². The van der Waals surface area contributed by atoms with Gasteiger partial charge in [0.15, 0.2) is 0 Å². The normalized spacial score (nSPS) is 16.7. The number of nitrogens with zero attached hydrogens (tertiary/aromatic N) is 1. The fourth-order valence-electron chi connectivity index (χ4n) is 2.26. The van der Waals surface area contributed by atoms with Crippen molar-refractivity contribution in [2.24, 2.45) is 0 Å². The number of amides is 1. The Kier molecular flexibility index (Phi) is 4.77. The van der Waals surface area contributed by atoms with Gasteiger partial charge < -0.3 is 10.2 Å². The highest BCUT2D eigenvalue weighted by atomic mass is 35.5. The topological polar surface area (TPSA) is 32.3 Å². The second-order valence-corrected chi connectivity index (χ2v) is 5.24. The summed E-state index contributed by atoms with van der Waals surface area (Å²) in [4.78, 5) is 13.9. The summed E-state index contributed by atoms with van der Waals surface area (Å²) in [5.41, 5.74) is 0.408. The largest absolute Gasteiger partial charge is 0.341 e. The molecule has 1 unspecified atom stereocenters. The molecule has 1 atom stereocenters. The maximum atomic E-state index is 13.6. The van der Waals surface area contributed by atoms with Gasteiger partial charge in [-0.3, -0.25) is 4.79 Å². The average molecular weight is 285 g/mol. The van der Waals surface area contributed by atoms with Crippen molar-refractivity contribution in [2.75, 3.05) is 13.1 Å². The SMILES string of the molecule is CC(NCc1c(F)cccc1Cl)C(=O)N1CCCC1. The molecule has 1 aliphatic rings. The van der Waals surface area contributed by atoms with Crippen LogP contribution in [0.2, 0.25) is 5.02 Å². The van der Waals surface area contributed by atoms with Crippen LogP contribution in [0.1, 0.15) is 25.3 Å². The summed E-state index contributed by atoms with van der Waals surface area (Å²) < 4.78 is 13.6. The molecule has 1 saturated heterocycles. The number of hydrogen-bond donors (Lipinski definition) is 1. The lowest BCUT2D eigenvalue weighted by atomic mass is 10.2. The molecule has 0 spiro atoms. The standard InChI is InChI=1S/C14H18ClFN2O/c1-10(14(19)18-7-2-3-8-18)17-9-11-12(15)5-4-6-13(11)16/h4-6,10,17H,2-3,7-9H2,1H3. The zero-order chi connectivity index (χ0) is 13.8. The summed E-state index contributed by atoms with van der Waals surface area (Å²) in [6, 6.07) is 4.26. The first-order chi connectivity index (χ1) is 9.09. The van der Waals surface area contributed by atoms with Gasteiger partial charge in [-0.2, -0.15) is 0 Å². The Morgan fingerprint density at radius 2 is 2.16 bits per heavy atom. The van der Waals surface area contributed by atoms with Crippen LogP contribution in [0.5, 0.6) is 0 Å². The second kappa shape index (κ2) is 6.35. The predicted molar refractivity (Wildman–Crippen MR) is 73.5 cm³/mol. The Morgan fingerprint density at radius 3 is 2.79 bits per heavy atom. The third-order valence-corrected chi connectivity index (χ3v) is 3.79. The predicted octanol–water partition coefficient (Wildman–Crippen LogP) is 2.58. The van der Waals surface area contributed by atoms with Crippen molar-refractivity contribution in [3.8, 4) is 0 Å². The van der Waals surface area contributed by atoms with E-state index in [-0.39, 0.29) is 24.3 Å². The molecule has 104 valence electrons. The van der Waals surface area contributed by atoms with Gasteiger partial charge in [-0.15, -0.1) is 0 Å². The maximum absolute atomic E-state index is 13.6. The lowest BCUT2D eigenvalue weighted by Crippen LogP contribution is -2.43. The van der Waals surface area contributed by atoms with Gasteiger partial charge in [-0.05, 0) is 31.9 Å². The molecule has 0 radical (unpaired) electrons. The summed E-state index contributed by atoms with van der Waals surface area (Å²) in [5, 5.41) is 3.42. The molecule has 0 saturated carbocycles. The third kappa shape index (κ3) is 3.45. The van der Waals surface area contributed by atoms with E-state index in [9.17, 15) is 9.18 Å². The molecule has 0 aromatic heterocycles. The Morgan fingerprint density at radius 1 is 1.47 bits per heavy atom. The summed E-state index contributed by atoms with van der Waals surface area (Å²) in [5.74, 6) is -0.272. The van der Waals surface area contributed by atoms with E-state index >= 15 is 0 Å². The lowest BCUT2D eigenvalue weighted by Gasteiger charge is -2.21. The lowest BCUT2D eigenvalue weighted by molar-refractivity contribution is -0.131. The molecule has 1 aromatic rings. The van der Waals surface area contributed by atoms with E-state index in [1.54, 1.807) is 19.1 Å². The molecule has 2 rings (SSSR count). The molecular weight excluding hydrogens is 267 g/mol. The highest BCUT2D eigenvalue weighted by molar-refractivity contribution is 6.31. The molecule has 1 aliphatic heterocycles. The van der Waals surface area contributed by atoms with E-state index in [0.717, 1.165) is 25.9 Å². The number of benzene rings is 1. The van der Waals surface area contributed by atoms with Crippen LogP contribution in [0.4, 0.5) is 4.39 Å². The zero-order valence-electron chi connectivity index (χ0n) is 11.0. The first kappa shape index (κ1) is 14.3. The van der Waals surface area contributed by atoms with E-state index in [0.29, 0.717) is 10.6 Å². The van der Waals surface area contributed by atoms with E-state index in [4.69, 9.17) is 11.6 Å². The fourth-order valence-corrected chi connectivity index (χ4v) is 2.48. The number of carbonyl (C=O) groups excluding carboxylic acids is 1. The number of likely N-dealkylation sites (tertiary alicyclic amines) is 1. The van der Waals surface area contributed by atoms with Crippen LogP contribution in [0.3, 0.4) is 0 Å². The monoisotopic (exact) mass is 284 g/mol. The Bertz CT molecular complexity index is 441. The van der Waals surface area contributed by atoms with Gasteiger partial charge in [0, 0.05) is 30.2 Å². The number of nitrogens with one attached hydrogen (secondary N) is 1. The quantitative estimate of drug-likeness (QED) is 0.922. The highest BCUT2D eigenvalue weighted by Gasteiger charge is 2.23. The van der Waals surface area contributed by atoms with E-state index in [2.05, 4.69) is 5.32 Å². The van der Waals surface area contributed by atoms with Crippen LogP contribution in [-0.4, -0.2) is 29.9 Å². The van der Waals surface area contributed by atoms with Crippen LogP contribution in [0.25, 0.3) is 0 Å². The second-order valence-electron chi connectivity index (χ2n) is 4.84. The van der Waals surface area contributed by atoms with Crippen molar-refractivity contribution in [2.45, 2.75) is 32.4 Å². The summed E-state index contributed by atoms with van der Waals surface area (Å²) in [7, 11) is 0. The van der Waals surface area contributed by atoms with Crippen LogP contribution < -0.4 is 5.32 Å². The summed E-state index contributed by atoms with van der Waals surface area (Å²) in [6.07, 6.45) is 2.13. The Balaban J connectivity index is 1.92. The minimum atomic E-state index is -0.346. The average Bonchev–Trinajstić information content (AvgIpc) is 2.90. The van der Waals surface area contributed by atoms with Crippen molar-refractivity contribution < 1.29 is 9.18 Å². The molecular formula is C14H18ClFN2O. The highest BCUT2D eigenvalue weighted by Crippen LogP contribution is 2.19. The molecule has 3 nitrogen and oxygen atoms in total. The molecule has 5 heteroatoms. The summed E-state index contributed by atoms with van der Waals surface area (Å²) in [6.45, 7) is 3.71. The van der Waals surface area contributed by atoms with Gasteiger partial charge in [-0.1, -0.05) is 17.7 Å². The van der Waals surface area contributed by atoms with Crippen molar-refractivity contribution >= 4 is 17.5 Å². The molecule has 0 aliphatic carbocycles. The molecule has 1 aromatic carbocycles. The van der Waals surface area contributed by atoms with Crippen molar-refractivity contribution in [1.29, 1.82) is 0 Å². The first-order valence-electron chi connectivity index (χ1n) is 6.54. The molecule has 19 heavy (non-hydrogen) atoms. The van der Waals surface area contributed by atoms with Gasteiger partial charge in [0.05, 0.1) is 6.04 Å². The zero-order valence-corrected chi connectivity index (χ0v) is 11.7. The smallest absolute Gasteiger partial charge is 0.239 e. The number of carbonyl (C=O) groups is 1. The van der Waals surface area contributed by atoms with Gasteiger partial charge in [0.2, 0.25) is 5.91 Å². The van der Waals surface area contributed by atoms with Crippen LogP contribution in [0.15, 0.2) is 18.2 Å². The van der Waals surface area contributed by atoms with Crippen LogP contribution in [0, 0.1) is 5.82 Å². The third-order valence-electron chi connectivity index (χ3n) is 3.43. The van der Waals surface area contributed by atoms with E-state index in [1.807, 2.05) is 4.90 Å². The molecule has 1 N–H and O–H groups in total.